The highest BCUT2D eigenvalue weighted by Gasteiger charge is 2.26. The number of carbonyl (C=O) groups is 2. The molecule has 2 aromatic carbocycles. The number of ketones is 1. The standard InChI is InChI=1S/C15H12FNO2/c16-13(14(18)11-7-3-1-4-8-11)15(19)17-12-9-5-2-6-10-12/h1-10,13H,(H,17,19)/t13-/m0/s1. The molecule has 19 heavy (non-hydrogen) atoms. The molecule has 0 spiro atoms. The predicted octanol–water partition coefficient (Wildman–Crippen LogP) is 2.85. The summed E-state index contributed by atoms with van der Waals surface area (Å²) in [5, 5.41) is 2.36. The third kappa shape index (κ3) is 3.25. The minimum Gasteiger partial charge on any atom is -0.323 e. The molecule has 1 N–H and O–H groups in total. The van der Waals surface area contributed by atoms with Crippen molar-refractivity contribution in [1.82, 2.24) is 0 Å². The molecule has 0 aliphatic carbocycles. The van der Waals surface area contributed by atoms with E-state index in [0.717, 1.165) is 0 Å². The number of Topliss-reactive ketones (excluding diaryl/α,β-unsaturated/α-hetero) is 1. The first-order chi connectivity index (χ1) is 9.18. The molecule has 1 atom stereocenters. The van der Waals surface area contributed by atoms with Gasteiger partial charge in [-0.15, -0.1) is 0 Å². The van der Waals surface area contributed by atoms with Crippen LogP contribution in [0.15, 0.2) is 60.7 Å². The summed E-state index contributed by atoms with van der Waals surface area (Å²) in [4.78, 5) is 23.4. The molecule has 0 radical (unpaired) electrons. The molecule has 0 aliphatic rings. The van der Waals surface area contributed by atoms with E-state index in [0.29, 0.717) is 5.69 Å². The molecule has 1 amide bonds. The lowest BCUT2D eigenvalue weighted by Crippen LogP contribution is -2.31. The van der Waals surface area contributed by atoms with Crippen LogP contribution in [-0.4, -0.2) is 17.9 Å². The fourth-order valence-corrected chi connectivity index (χ4v) is 1.59. The van der Waals surface area contributed by atoms with E-state index >= 15 is 0 Å². The SMILES string of the molecule is O=C(Nc1ccccc1)[C@@H](F)C(=O)c1ccccc1. The Morgan fingerprint density at radius 1 is 0.895 bits per heavy atom. The summed E-state index contributed by atoms with van der Waals surface area (Å²) >= 11 is 0. The van der Waals surface area contributed by atoms with Crippen molar-refractivity contribution in [3.05, 3.63) is 66.2 Å². The van der Waals surface area contributed by atoms with Crippen LogP contribution in [0.4, 0.5) is 10.1 Å². The maximum atomic E-state index is 13.8. The van der Waals surface area contributed by atoms with Crippen LogP contribution in [0.2, 0.25) is 0 Å². The topological polar surface area (TPSA) is 46.2 Å². The van der Waals surface area contributed by atoms with E-state index in [1.165, 1.54) is 12.1 Å². The number of alkyl halides is 1. The minimum atomic E-state index is -2.21. The molecule has 0 saturated heterocycles. The van der Waals surface area contributed by atoms with Crippen molar-refractivity contribution in [2.75, 3.05) is 5.32 Å². The summed E-state index contributed by atoms with van der Waals surface area (Å²) in [7, 11) is 0. The van der Waals surface area contributed by atoms with E-state index < -0.39 is 17.9 Å². The first kappa shape index (κ1) is 13.0. The van der Waals surface area contributed by atoms with Crippen molar-refractivity contribution in [3.8, 4) is 0 Å². The molecule has 4 heteroatoms. The van der Waals surface area contributed by atoms with Gasteiger partial charge in [0.1, 0.15) is 0 Å². The van der Waals surface area contributed by atoms with E-state index in [2.05, 4.69) is 5.32 Å². The summed E-state index contributed by atoms with van der Waals surface area (Å²) in [6, 6.07) is 16.4. The average molecular weight is 257 g/mol. The number of rotatable bonds is 4. The number of amides is 1. The Balaban J connectivity index is 2.06. The Labute approximate surface area is 110 Å². The quantitative estimate of drug-likeness (QED) is 0.676. The third-order valence-electron chi connectivity index (χ3n) is 2.56. The van der Waals surface area contributed by atoms with E-state index in [1.54, 1.807) is 48.5 Å². The molecular weight excluding hydrogens is 245 g/mol. The highest BCUT2D eigenvalue weighted by atomic mass is 19.1. The molecule has 96 valence electrons. The molecule has 0 aromatic heterocycles. The van der Waals surface area contributed by atoms with Crippen molar-refractivity contribution in [1.29, 1.82) is 0 Å². The second-order valence-electron chi connectivity index (χ2n) is 3.95. The number of halogens is 1. The zero-order valence-corrected chi connectivity index (χ0v) is 10.0. The normalized spacial score (nSPS) is 11.6. The number of anilines is 1. The van der Waals surface area contributed by atoms with E-state index in [9.17, 15) is 14.0 Å². The Hall–Kier alpha value is -2.49. The van der Waals surface area contributed by atoms with E-state index in [1.807, 2.05) is 0 Å². The van der Waals surface area contributed by atoms with Gasteiger partial charge in [-0.25, -0.2) is 4.39 Å². The monoisotopic (exact) mass is 257 g/mol. The van der Waals surface area contributed by atoms with Gasteiger partial charge in [-0.05, 0) is 12.1 Å². The Morgan fingerprint density at radius 2 is 1.42 bits per heavy atom. The average Bonchev–Trinajstić information content (AvgIpc) is 2.47. The molecule has 0 heterocycles. The minimum absolute atomic E-state index is 0.179. The molecule has 0 aliphatic heterocycles. The van der Waals surface area contributed by atoms with Crippen LogP contribution >= 0.6 is 0 Å². The lowest BCUT2D eigenvalue weighted by Gasteiger charge is -2.08. The summed E-state index contributed by atoms with van der Waals surface area (Å²) in [6.45, 7) is 0. The fourth-order valence-electron chi connectivity index (χ4n) is 1.59. The number of nitrogens with one attached hydrogen (secondary N) is 1. The van der Waals surface area contributed by atoms with Crippen molar-refractivity contribution >= 4 is 17.4 Å². The van der Waals surface area contributed by atoms with Gasteiger partial charge >= 0.3 is 0 Å². The summed E-state index contributed by atoms with van der Waals surface area (Å²) in [5.41, 5.74) is 0.634. The molecule has 2 rings (SSSR count). The van der Waals surface area contributed by atoms with Gasteiger partial charge in [0.05, 0.1) is 0 Å². The summed E-state index contributed by atoms with van der Waals surface area (Å²) in [5.74, 6) is -1.80. The number of benzene rings is 2. The molecular formula is C15H12FNO2. The number of carbonyl (C=O) groups excluding carboxylic acids is 2. The van der Waals surface area contributed by atoms with Crippen molar-refractivity contribution in [2.24, 2.45) is 0 Å². The van der Waals surface area contributed by atoms with Crippen LogP contribution in [-0.2, 0) is 4.79 Å². The van der Waals surface area contributed by atoms with Gasteiger partial charge < -0.3 is 5.32 Å². The zero-order chi connectivity index (χ0) is 13.7. The maximum absolute atomic E-state index is 13.8. The molecule has 0 bridgehead atoms. The largest absolute Gasteiger partial charge is 0.323 e. The van der Waals surface area contributed by atoms with Gasteiger partial charge in [0.15, 0.2) is 0 Å². The highest BCUT2D eigenvalue weighted by Crippen LogP contribution is 2.10. The van der Waals surface area contributed by atoms with Gasteiger partial charge in [-0.3, -0.25) is 9.59 Å². The van der Waals surface area contributed by atoms with Crippen molar-refractivity contribution in [3.63, 3.8) is 0 Å². The van der Waals surface area contributed by atoms with Crippen molar-refractivity contribution < 1.29 is 14.0 Å². The molecule has 0 saturated carbocycles. The zero-order valence-electron chi connectivity index (χ0n) is 10.0. The van der Waals surface area contributed by atoms with E-state index in [4.69, 9.17) is 0 Å². The van der Waals surface area contributed by atoms with Crippen LogP contribution < -0.4 is 5.32 Å². The van der Waals surface area contributed by atoms with Gasteiger partial charge in [0.25, 0.3) is 5.91 Å². The Morgan fingerprint density at radius 3 is 2.00 bits per heavy atom. The van der Waals surface area contributed by atoms with Gasteiger partial charge in [0.2, 0.25) is 12.0 Å². The van der Waals surface area contributed by atoms with Gasteiger partial charge in [-0.2, -0.15) is 0 Å². The Kier molecular flexibility index (Phi) is 4.03. The van der Waals surface area contributed by atoms with Crippen LogP contribution in [0.5, 0.6) is 0 Å². The number of para-hydroxylation sites is 1. The van der Waals surface area contributed by atoms with E-state index in [-0.39, 0.29) is 5.56 Å². The second-order valence-corrected chi connectivity index (χ2v) is 3.95. The molecule has 3 nitrogen and oxygen atoms in total. The third-order valence-corrected chi connectivity index (χ3v) is 2.56. The van der Waals surface area contributed by atoms with Crippen LogP contribution in [0.1, 0.15) is 10.4 Å². The first-order valence-electron chi connectivity index (χ1n) is 5.78. The lowest BCUT2D eigenvalue weighted by molar-refractivity contribution is -0.119. The van der Waals surface area contributed by atoms with Crippen LogP contribution in [0, 0.1) is 0 Å². The van der Waals surface area contributed by atoms with Crippen LogP contribution in [0.25, 0.3) is 0 Å². The smallest absolute Gasteiger partial charge is 0.267 e. The second kappa shape index (κ2) is 5.91. The van der Waals surface area contributed by atoms with Gasteiger partial charge in [-0.1, -0.05) is 48.5 Å². The maximum Gasteiger partial charge on any atom is 0.267 e. The molecule has 0 fully saturated rings. The molecule has 2 aromatic rings. The first-order valence-corrected chi connectivity index (χ1v) is 5.78. The van der Waals surface area contributed by atoms with Crippen LogP contribution in [0.3, 0.4) is 0 Å². The number of hydrogen-bond acceptors (Lipinski definition) is 2. The Bertz CT molecular complexity index is 569. The van der Waals surface area contributed by atoms with Gasteiger partial charge in [0, 0.05) is 11.3 Å². The lowest BCUT2D eigenvalue weighted by atomic mass is 10.1. The summed E-state index contributed by atoms with van der Waals surface area (Å²) in [6.07, 6.45) is -2.21. The predicted molar refractivity (Wildman–Crippen MR) is 70.7 cm³/mol. The number of hydrogen-bond donors (Lipinski definition) is 1. The van der Waals surface area contributed by atoms with Crippen molar-refractivity contribution in [2.45, 2.75) is 6.17 Å². The summed E-state index contributed by atoms with van der Waals surface area (Å²) < 4.78 is 13.8. The molecule has 0 unspecified atom stereocenters. The highest BCUT2D eigenvalue weighted by molar-refractivity contribution is 6.15. The fraction of sp³-hybridized carbons (Fsp3) is 0.0667.